The van der Waals surface area contributed by atoms with Gasteiger partial charge in [0.25, 0.3) is 0 Å². The molecular formula is C17H23F3N2O2. The first kappa shape index (κ1) is 18.6. The Morgan fingerprint density at radius 2 is 2.12 bits per heavy atom. The Morgan fingerprint density at radius 1 is 1.42 bits per heavy atom. The van der Waals surface area contributed by atoms with Crippen molar-refractivity contribution in [1.82, 2.24) is 10.2 Å². The van der Waals surface area contributed by atoms with Crippen LogP contribution in [0.1, 0.15) is 37.4 Å². The molecule has 1 fully saturated rings. The van der Waals surface area contributed by atoms with Crippen molar-refractivity contribution < 1.29 is 23.1 Å². The van der Waals surface area contributed by atoms with Crippen molar-refractivity contribution in [2.45, 2.75) is 32.5 Å². The molecule has 4 nitrogen and oxygen atoms in total. The van der Waals surface area contributed by atoms with Crippen LogP contribution < -0.4 is 5.32 Å². The van der Waals surface area contributed by atoms with Crippen LogP contribution in [0.2, 0.25) is 0 Å². The van der Waals surface area contributed by atoms with E-state index in [1.807, 2.05) is 13.8 Å². The van der Waals surface area contributed by atoms with E-state index in [0.717, 1.165) is 18.6 Å². The number of nitrogens with zero attached hydrogens (tertiary/aromatic N) is 1. The summed E-state index contributed by atoms with van der Waals surface area (Å²) in [4.78, 5) is 14.0. The molecule has 2 amide bonds. The van der Waals surface area contributed by atoms with E-state index in [9.17, 15) is 18.0 Å². The maximum atomic E-state index is 12.9. The van der Waals surface area contributed by atoms with Crippen LogP contribution in [0, 0.1) is 11.8 Å². The minimum Gasteiger partial charge on any atom is -0.396 e. The van der Waals surface area contributed by atoms with Gasteiger partial charge in [0.2, 0.25) is 0 Å². The first-order chi connectivity index (χ1) is 11.2. The number of hydrogen-bond donors (Lipinski definition) is 2. The number of amides is 2. The summed E-state index contributed by atoms with van der Waals surface area (Å²) in [6.45, 7) is 4.75. The highest BCUT2D eigenvalue weighted by molar-refractivity contribution is 5.75. The van der Waals surface area contributed by atoms with Crippen LogP contribution in [0.25, 0.3) is 0 Å². The first-order valence-electron chi connectivity index (χ1n) is 8.05. The van der Waals surface area contributed by atoms with E-state index in [1.165, 1.54) is 6.07 Å². The molecule has 0 saturated carbocycles. The van der Waals surface area contributed by atoms with Gasteiger partial charge in [-0.05, 0) is 30.0 Å². The average molecular weight is 344 g/mol. The molecule has 0 spiro atoms. The predicted molar refractivity (Wildman–Crippen MR) is 84.3 cm³/mol. The molecule has 2 unspecified atom stereocenters. The Labute approximate surface area is 139 Å². The standard InChI is InChI=1S/C17H23F3N2O2/c1-11(2)15(13-4-3-5-14(8-13)17(18,19)20)21-16(24)22-7-6-12(9-22)10-23/h3-5,8,11-12,15,23H,6-7,9-10H2,1-2H3,(H,21,24). The summed E-state index contributed by atoms with van der Waals surface area (Å²) in [6.07, 6.45) is -3.68. The molecule has 1 saturated heterocycles. The van der Waals surface area contributed by atoms with Crippen LogP contribution in [0.3, 0.4) is 0 Å². The van der Waals surface area contributed by atoms with Crippen LogP contribution in [-0.2, 0) is 6.18 Å². The maximum Gasteiger partial charge on any atom is 0.416 e. The monoisotopic (exact) mass is 344 g/mol. The number of carbonyl (C=O) groups is 1. The van der Waals surface area contributed by atoms with Gasteiger partial charge in [-0.15, -0.1) is 0 Å². The van der Waals surface area contributed by atoms with Crippen molar-refractivity contribution in [3.63, 3.8) is 0 Å². The van der Waals surface area contributed by atoms with Crippen LogP contribution in [-0.4, -0.2) is 35.7 Å². The lowest BCUT2D eigenvalue weighted by Crippen LogP contribution is -2.42. The smallest absolute Gasteiger partial charge is 0.396 e. The zero-order valence-corrected chi connectivity index (χ0v) is 13.8. The average Bonchev–Trinajstić information content (AvgIpc) is 3.00. The second-order valence-corrected chi connectivity index (χ2v) is 6.58. The number of alkyl halides is 3. The molecule has 0 aromatic heterocycles. The molecule has 24 heavy (non-hydrogen) atoms. The summed E-state index contributed by atoms with van der Waals surface area (Å²) in [7, 11) is 0. The quantitative estimate of drug-likeness (QED) is 0.879. The summed E-state index contributed by atoms with van der Waals surface area (Å²) < 4.78 is 38.7. The van der Waals surface area contributed by atoms with Gasteiger partial charge in [-0.3, -0.25) is 0 Å². The minimum atomic E-state index is -4.41. The second kappa shape index (κ2) is 7.42. The van der Waals surface area contributed by atoms with E-state index in [0.29, 0.717) is 18.7 Å². The van der Waals surface area contributed by atoms with Gasteiger partial charge < -0.3 is 15.3 Å². The van der Waals surface area contributed by atoms with E-state index in [-0.39, 0.29) is 24.5 Å². The molecule has 1 aromatic carbocycles. The summed E-state index contributed by atoms with van der Waals surface area (Å²) >= 11 is 0. The number of nitrogens with one attached hydrogen (secondary N) is 1. The van der Waals surface area contributed by atoms with Crippen molar-refractivity contribution in [1.29, 1.82) is 0 Å². The molecule has 1 heterocycles. The first-order valence-corrected chi connectivity index (χ1v) is 8.05. The van der Waals surface area contributed by atoms with E-state index < -0.39 is 17.8 Å². The number of hydrogen-bond acceptors (Lipinski definition) is 2. The second-order valence-electron chi connectivity index (χ2n) is 6.58. The predicted octanol–water partition coefficient (Wildman–Crippen LogP) is 3.43. The number of urea groups is 1. The summed E-state index contributed by atoms with van der Waals surface area (Å²) in [5, 5.41) is 12.0. The number of rotatable bonds is 4. The van der Waals surface area contributed by atoms with Gasteiger partial charge in [0.15, 0.2) is 0 Å². The highest BCUT2D eigenvalue weighted by Crippen LogP contribution is 2.32. The van der Waals surface area contributed by atoms with Gasteiger partial charge in [0, 0.05) is 25.6 Å². The van der Waals surface area contributed by atoms with Crippen molar-refractivity contribution in [2.24, 2.45) is 11.8 Å². The molecule has 1 aliphatic rings. The number of aliphatic hydroxyl groups excluding tert-OH is 1. The van der Waals surface area contributed by atoms with Crippen LogP contribution in [0.4, 0.5) is 18.0 Å². The summed E-state index contributed by atoms with van der Waals surface area (Å²) in [5.41, 5.74) is -0.285. The molecule has 2 atom stereocenters. The van der Waals surface area contributed by atoms with Crippen LogP contribution in [0.5, 0.6) is 0 Å². The maximum absolute atomic E-state index is 12.9. The molecule has 0 radical (unpaired) electrons. The Kier molecular flexibility index (Phi) is 5.74. The molecule has 134 valence electrons. The minimum absolute atomic E-state index is 0.0328. The van der Waals surface area contributed by atoms with Crippen LogP contribution in [0.15, 0.2) is 24.3 Å². The van der Waals surface area contributed by atoms with Gasteiger partial charge in [0.05, 0.1) is 11.6 Å². The van der Waals surface area contributed by atoms with E-state index in [4.69, 9.17) is 5.11 Å². The lowest BCUT2D eigenvalue weighted by Gasteiger charge is -2.27. The zero-order chi connectivity index (χ0) is 17.9. The molecule has 2 rings (SSSR count). The number of carbonyl (C=O) groups excluding carboxylic acids is 1. The van der Waals surface area contributed by atoms with Crippen molar-refractivity contribution in [3.8, 4) is 0 Å². The van der Waals surface area contributed by atoms with E-state index >= 15 is 0 Å². The normalized spacial score (nSPS) is 19.6. The number of halogens is 3. The number of aliphatic hydroxyl groups is 1. The molecule has 1 aliphatic heterocycles. The lowest BCUT2D eigenvalue weighted by atomic mass is 9.94. The Balaban J connectivity index is 2.14. The van der Waals surface area contributed by atoms with E-state index in [2.05, 4.69) is 5.32 Å². The third kappa shape index (κ3) is 4.41. The Morgan fingerprint density at radius 3 is 2.67 bits per heavy atom. The van der Waals surface area contributed by atoms with Gasteiger partial charge in [-0.2, -0.15) is 13.2 Å². The summed E-state index contributed by atoms with van der Waals surface area (Å²) in [5.74, 6) is 0.00971. The van der Waals surface area contributed by atoms with Crippen LogP contribution >= 0.6 is 0 Å². The zero-order valence-electron chi connectivity index (χ0n) is 13.8. The molecular weight excluding hydrogens is 321 g/mol. The van der Waals surface area contributed by atoms with Gasteiger partial charge in [0.1, 0.15) is 0 Å². The fourth-order valence-corrected chi connectivity index (χ4v) is 2.93. The SMILES string of the molecule is CC(C)C(NC(=O)N1CCC(CO)C1)c1cccc(C(F)(F)F)c1. The molecule has 2 N–H and O–H groups in total. The molecule has 7 heteroatoms. The summed E-state index contributed by atoms with van der Waals surface area (Å²) in [6, 6.07) is 4.26. The van der Waals surface area contributed by atoms with E-state index in [1.54, 1.807) is 11.0 Å². The van der Waals surface area contributed by atoms with Crippen molar-refractivity contribution in [2.75, 3.05) is 19.7 Å². The number of benzene rings is 1. The topological polar surface area (TPSA) is 52.6 Å². The van der Waals surface area contributed by atoms with Gasteiger partial charge in [-0.1, -0.05) is 26.0 Å². The Hall–Kier alpha value is -1.76. The molecule has 1 aromatic rings. The third-order valence-electron chi connectivity index (χ3n) is 4.35. The number of likely N-dealkylation sites (tertiary alicyclic amines) is 1. The van der Waals surface area contributed by atoms with Crippen molar-refractivity contribution in [3.05, 3.63) is 35.4 Å². The Bertz CT molecular complexity index is 575. The fraction of sp³-hybridized carbons (Fsp3) is 0.588. The molecule has 0 aliphatic carbocycles. The largest absolute Gasteiger partial charge is 0.416 e. The highest BCUT2D eigenvalue weighted by Gasteiger charge is 2.32. The third-order valence-corrected chi connectivity index (χ3v) is 4.35. The highest BCUT2D eigenvalue weighted by atomic mass is 19.4. The molecule has 0 bridgehead atoms. The van der Waals surface area contributed by atoms with Crippen molar-refractivity contribution >= 4 is 6.03 Å². The van der Waals surface area contributed by atoms with Gasteiger partial charge in [-0.25, -0.2) is 4.79 Å². The lowest BCUT2D eigenvalue weighted by molar-refractivity contribution is -0.137. The fourth-order valence-electron chi connectivity index (χ4n) is 2.93. The van der Waals surface area contributed by atoms with Gasteiger partial charge >= 0.3 is 12.2 Å².